The van der Waals surface area contributed by atoms with Crippen molar-refractivity contribution in [1.29, 1.82) is 0 Å². The number of halogens is 2. The summed E-state index contributed by atoms with van der Waals surface area (Å²) < 4.78 is 18.0. The predicted molar refractivity (Wildman–Crippen MR) is 59.5 cm³/mol. The Hall–Kier alpha value is -0.640. The lowest BCUT2D eigenvalue weighted by molar-refractivity contribution is 0.102. The summed E-state index contributed by atoms with van der Waals surface area (Å²) in [5, 5.41) is 0. The van der Waals surface area contributed by atoms with Crippen molar-refractivity contribution >= 4 is 12.4 Å². The van der Waals surface area contributed by atoms with Gasteiger partial charge in [-0.05, 0) is 30.5 Å². The smallest absolute Gasteiger partial charge is 0.123 e. The maximum atomic E-state index is 12.5. The molecule has 0 radical (unpaired) electrons. The van der Waals surface area contributed by atoms with Gasteiger partial charge in [0, 0.05) is 5.54 Å². The summed E-state index contributed by atoms with van der Waals surface area (Å²) in [4.78, 5) is 0. The fourth-order valence-corrected chi connectivity index (χ4v) is 1.26. The van der Waals surface area contributed by atoms with E-state index in [1.807, 2.05) is 0 Å². The Balaban J connectivity index is 0.00000112. The van der Waals surface area contributed by atoms with Crippen LogP contribution in [0.25, 0.3) is 0 Å². The quantitative estimate of drug-likeness (QED) is 0.863. The van der Waals surface area contributed by atoms with Gasteiger partial charge in [0.2, 0.25) is 0 Å². The first-order chi connectivity index (χ1) is 6.68. The molecule has 1 aromatic carbocycles. The molecule has 15 heavy (non-hydrogen) atoms. The molecule has 0 atom stereocenters. The van der Waals surface area contributed by atoms with Gasteiger partial charge in [0.25, 0.3) is 0 Å². The number of rotatable bonds is 4. The van der Waals surface area contributed by atoms with Crippen LogP contribution >= 0.6 is 12.4 Å². The molecule has 1 fully saturated rings. The summed E-state index contributed by atoms with van der Waals surface area (Å²) in [6.45, 7) is 1.11. The molecule has 1 aliphatic rings. The summed E-state index contributed by atoms with van der Waals surface area (Å²) in [5.74, 6) is -0.216. The van der Waals surface area contributed by atoms with Crippen LogP contribution in [0.1, 0.15) is 18.4 Å². The van der Waals surface area contributed by atoms with Crippen LogP contribution in [0.2, 0.25) is 0 Å². The van der Waals surface area contributed by atoms with E-state index in [0.717, 1.165) is 18.4 Å². The molecule has 2 nitrogen and oxygen atoms in total. The van der Waals surface area contributed by atoms with Gasteiger partial charge in [0.1, 0.15) is 5.82 Å². The van der Waals surface area contributed by atoms with Crippen molar-refractivity contribution in [2.75, 3.05) is 6.61 Å². The lowest BCUT2D eigenvalue weighted by Crippen LogP contribution is -2.27. The molecule has 0 spiro atoms. The van der Waals surface area contributed by atoms with Crippen LogP contribution in [0.15, 0.2) is 24.3 Å². The van der Waals surface area contributed by atoms with Crippen LogP contribution in [0.4, 0.5) is 4.39 Å². The van der Waals surface area contributed by atoms with Gasteiger partial charge in [0.15, 0.2) is 0 Å². The molecule has 1 aromatic rings. The minimum absolute atomic E-state index is 0. The zero-order valence-electron chi connectivity index (χ0n) is 8.41. The second-order valence-electron chi connectivity index (χ2n) is 3.98. The van der Waals surface area contributed by atoms with Gasteiger partial charge in [-0.3, -0.25) is 0 Å². The minimum Gasteiger partial charge on any atom is -0.375 e. The average Bonchev–Trinajstić information content (AvgIpc) is 2.88. The molecule has 1 saturated carbocycles. The Morgan fingerprint density at radius 2 is 1.87 bits per heavy atom. The molecular weight excluding hydrogens is 217 g/mol. The molecule has 1 aliphatic carbocycles. The molecule has 0 saturated heterocycles. The van der Waals surface area contributed by atoms with Crippen LogP contribution in [-0.4, -0.2) is 12.1 Å². The fourth-order valence-electron chi connectivity index (χ4n) is 1.26. The number of benzene rings is 1. The first-order valence-corrected chi connectivity index (χ1v) is 4.79. The van der Waals surface area contributed by atoms with Crippen molar-refractivity contribution in [3.05, 3.63) is 35.6 Å². The van der Waals surface area contributed by atoms with Crippen molar-refractivity contribution in [1.82, 2.24) is 0 Å². The molecule has 0 aromatic heterocycles. The minimum atomic E-state index is -0.216. The average molecular weight is 232 g/mol. The highest BCUT2D eigenvalue weighted by Gasteiger charge is 2.38. The molecule has 0 unspecified atom stereocenters. The van der Waals surface area contributed by atoms with Gasteiger partial charge in [-0.1, -0.05) is 12.1 Å². The van der Waals surface area contributed by atoms with Crippen LogP contribution < -0.4 is 5.73 Å². The molecule has 0 bridgehead atoms. The Kier molecular flexibility index (Phi) is 4.08. The van der Waals surface area contributed by atoms with Crippen LogP contribution in [-0.2, 0) is 11.3 Å². The summed E-state index contributed by atoms with van der Waals surface area (Å²) in [6.07, 6.45) is 2.10. The zero-order valence-corrected chi connectivity index (χ0v) is 9.23. The first-order valence-electron chi connectivity index (χ1n) is 4.79. The standard InChI is InChI=1S/C11H14FNO.ClH/c12-10-3-1-9(2-4-10)7-14-8-11(13)5-6-11;/h1-4H,5-8,13H2;1H. The maximum absolute atomic E-state index is 12.5. The first kappa shape index (κ1) is 12.4. The van der Waals surface area contributed by atoms with Crippen LogP contribution in [0, 0.1) is 5.82 Å². The van der Waals surface area contributed by atoms with E-state index >= 15 is 0 Å². The number of nitrogens with two attached hydrogens (primary N) is 1. The number of ether oxygens (including phenoxy) is 1. The van der Waals surface area contributed by atoms with Gasteiger partial charge in [-0.15, -0.1) is 12.4 Å². The molecule has 2 rings (SSSR count). The highest BCUT2D eigenvalue weighted by atomic mass is 35.5. The lowest BCUT2D eigenvalue weighted by Gasteiger charge is -2.09. The highest BCUT2D eigenvalue weighted by molar-refractivity contribution is 5.85. The normalized spacial score (nSPS) is 16.9. The van der Waals surface area contributed by atoms with Crippen molar-refractivity contribution in [2.45, 2.75) is 25.0 Å². The van der Waals surface area contributed by atoms with E-state index in [1.165, 1.54) is 12.1 Å². The summed E-state index contributed by atoms with van der Waals surface area (Å²) in [6, 6.07) is 6.33. The van der Waals surface area contributed by atoms with E-state index in [4.69, 9.17) is 10.5 Å². The predicted octanol–water partition coefficient (Wildman–Crippen LogP) is 2.26. The highest BCUT2D eigenvalue weighted by Crippen LogP contribution is 2.32. The Morgan fingerprint density at radius 3 is 2.40 bits per heavy atom. The van der Waals surface area contributed by atoms with Gasteiger partial charge in [0.05, 0.1) is 13.2 Å². The zero-order chi connectivity index (χ0) is 10.0. The second kappa shape index (κ2) is 4.92. The van der Waals surface area contributed by atoms with Crippen LogP contribution in [0.5, 0.6) is 0 Å². The van der Waals surface area contributed by atoms with Gasteiger partial charge in [-0.25, -0.2) is 4.39 Å². The second-order valence-corrected chi connectivity index (χ2v) is 3.98. The van der Waals surface area contributed by atoms with E-state index in [1.54, 1.807) is 12.1 Å². The molecule has 0 heterocycles. The van der Waals surface area contributed by atoms with E-state index in [2.05, 4.69) is 0 Å². The largest absolute Gasteiger partial charge is 0.375 e. The molecule has 4 heteroatoms. The van der Waals surface area contributed by atoms with Crippen molar-refractivity contribution in [3.63, 3.8) is 0 Å². The van der Waals surface area contributed by atoms with Crippen molar-refractivity contribution in [3.8, 4) is 0 Å². The third-order valence-electron chi connectivity index (χ3n) is 2.46. The van der Waals surface area contributed by atoms with Gasteiger partial charge in [-0.2, -0.15) is 0 Å². The summed E-state index contributed by atoms with van der Waals surface area (Å²) in [7, 11) is 0. The monoisotopic (exact) mass is 231 g/mol. The summed E-state index contributed by atoms with van der Waals surface area (Å²) in [5.41, 5.74) is 6.76. The third-order valence-corrected chi connectivity index (χ3v) is 2.46. The maximum Gasteiger partial charge on any atom is 0.123 e. The molecular formula is C11H15ClFNO. The molecule has 0 aliphatic heterocycles. The van der Waals surface area contributed by atoms with E-state index < -0.39 is 0 Å². The fraction of sp³-hybridized carbons (Fsp3) is 0.455. The molecule has 0 amide bonds. The van der Waals surface area contributed by atoms with Gasteiger partial charge >= 0.3 is 0 Å². The lowest BCUT2D eigenvalue weighted by atomic mass is 10.2. The van der Waals surface area contributed by atoms with E-state index in [9.17, 15) is 4.39 Å². The van der Waals surface area contributed by atoms with Crippen LogP contribution in [0.3, 0.4) is 0 Å². The topological polar surface area (TPSA) is 35.2 Å². The van der Waals surface area contributed by atoms with Crippen molar-refractivity contribution < 1.29 is 9.13 Å². The number of hydrogen-bond acceptors (Lipinski definition) is 2. The summed E-state index contributed by atoms with van der Waals surface area (Å²) >= 11 is 0. The Bertz CT molecular complexity index is 311. The third kappa shape index (κ3) is 3.78. The SMILES string of the molecule is Cl.NC1(COCc2ccc(F)cc2)CC1. The Morgan fingerprint density at radius 1 is 1.27 bits per heavy atom. The number of hydrogen-bond donors (Lipinski definition) is 1. The molecule has 2 N–H and O–H groups in total. The van der Waals surface area contributed by atoms with Gasteiger partial charge < -0.3 is 10.5 Å². The van der Waals surface area contributed by atoms with E-state index in [-0.39, 0.29) is 23.8 Å². The van der Waals surface area contributed by atoms with Crippen molar-refractivity contribution in [2.24, 2.45) is 5.73 Å². The Labute approximate surface area is 95.0 Å². The molecule has 84 valence electrons. The van der Waals surface area contributed by atoms with E-state index in [0.29, 0.717) is 13.2 Å².